The fraction of sp³-hybridized carbons (Fsp3) is 0.710. The van der Waals surface area contributed by atoms with Crippen LogP contribution in [0.15, 0.2) is 30.3 Å². The standard InChI is InChI=1S/C31H50O7/c1-3-5-7-9-11-13-18-24-35-29(32)23-22-28(30(33)36-25-19-14-12-10-8-6-4-2)38-31(34)37-26-27-20-16-15-17-21-27/h15-17,20-21,28H,3-14,18-19,22-26H2,1-2H3. The van der Waals surface area contributed by atoms with Gasteiger partial charge in [-0.2, -0.15) is 0 Å². The SMILES string of the molecule is CCCCCCCCCOC(=O)CCC(OC(=O)OCc1ccccc1)C(=O)OCCCCCCCCC. The Morgan fingerprint density at radius 3 is 1.76 bits per heavy atom. The highest BCUT2D eigenvalue weighted by molar-refractivity contribution is 5.78. The molecule has 0 N–H and O–H groups in total. The van der Waals surface area contributed by atoms with Gasteiger partial charge in [0.25, 0.3) is 0 Å². The fourth-order valence-electron chi connectivity index (χ4n) is 3.98. The second-order valence-corrected chi connectivity index (χ2v) is 9.80. The van der Waals surface area contributed by atoms with Crippen LogP contribution in [0.3, 0.4) is 0 Å². The maximum Gasteiger partial charge on any atom is 0.509 e. The van der Waals surface area contributed by atoms with Crippen LogP contribution in [0.4, 0.5) is 4.79 Å². The van der Waals surface area contributed by atoms with Crippen molar-refractivity contribution in [2.75, 3.05) is 13.2 Å². The first-order valence-corrected chi connectivity index (χ1v) is 14.8. The van der Waals surface area contributed by atoms with Gasteiger partial charge in [-0.05, 0) is 18.4 Å². The van der Waals surface area contributed by atoms with Gasteiger partial charge in [0.2, 0.25) is 6.10 Å². The number of rotatable bonds is 23. The van der Waals surface area contributed by atoms with Crippen LogP contribution in [-0.2, 0) is 35.1 Å². The molecule has 0 aromatic heterocycles. The van der Waals surface area contributed by atoms with E-state index in [4.69, 9.17) is 18.9 Å². The average molecular weight is 535 g/mol. The van der Waals surface area contributed by atoms with Gasteiger partial charge < -0.3 is 18.9 Å². The van der Waals surface area contributed by atoms with Crippen LogP contribution in [0.1, 0.15) is 122 Å². The smallest absolute Gasteiger partial charge is 0.466 e. The first-order valence-electron chi connectivity index (χ1n) is 14.8. The van der Waals surface area contributed by atoms with E-state index in [0.717, 1.165) is 44.1 Å². The average Bonchev–Trinajstić information content (AvgIpc) is 2.93. The molecule has 1 aromatic rings. The van der Waals surface area contributed by atoms with Crippen molar-refractivity contribution in [2.45, 2.75) is 129 Å². The summed E-state index contributed by atoms with van der Waals surface area (Å²) in [7, 11) is 0. The second-order valence-electron chi connectivity index (χ2n) is 9.80. The zero-order chi connectivity index (χ0) is 27.7. The van der Waals surface area contributed by atoms with Gasteiger partial charge in [0.1, 0.15) is 6.61 Å². The molecular formula is C31H50O7. The molecule has 7 heteroatoms. The lowest BCUT2D eigenvalue weighted by atomic mass is 10.1. The Morgan fingerprint density at radius 2 is 1.18 bits per heavy atom. The maximum atomic E-state index is 12.6. The van der Waals surface area contributed by atoms with E-state index in [1.165, 1.54) is 51.4 Å². The van der Waals surface area contributed by atoms with Crippen molar-refractivity contribution < 1.29 is 33.3 Å². The first-order chi connectivity index (χ1) is 18.6. The van der Waals surface area contributed by atoms with Crippen molar-refractivity contribution in [1.29, 1.82) is 0 Å². The van der Waals surface area contributed by atoms with Gasteiger partial charge >= 0.3 is 18.1 Å². The van der Waals surface area contributed by atoms with Gasteiger partial charge in [-0.15, -0.1) is 0 Å². The topological polar surface area (TPSA) is 88.1 Å². The third-order valence-electron chi connectivity index (χ3n) is 6.31. The molecule has 0 bridgehead atoms. The predicted octanol–water partition coefficient (Wildman–Crippen LogP) is 8.08. The molecule has 1 rings (SSSR count). The maximum absolute atomic E-state index is 12.6. The van der Waals surface area contributed by atoms with Crippen LogP contribution in [0.2, 0.25) is 0 Å². The summed E-state index contributed by atoms with van der Waals surface area (Å²) >= 11 is 0. The number of esters is 2. The van der Waals surface area contributed by atoms with Crippen molar-refractivity contribution in [3.05, 3.63) is 35.9 Å². The largest absolute Gasteiger partial charge is 0.509 e. The van der Waals surface area contributed by atoms with E-state index in [9.17, 15) is 14.4 Å². The van der Waals surface area contributed by atoms with Crippen LogP contribution in [0.5, 0.6) is 0 Å². The molecule has 216 valence electrons. The van der Waals surface area contributed by atoms with Gasteiger partial charge in [0.05, 0.1) is 13.2 Å². The van der Waals surface area contributed by atoms with Crippen LogP contribution in [0, 0.1) is 0 Å². The van der Waals surface area contributed by atoms with Gasteiger partial charge in [0, 0.05) is 12.8 Å². The molecule has 0 spiro atoms. The molecule has 0 aliphatic carbocycles. The van der Waals surface area contributed by atoms with E-state index in [-0.39, 0.29) is 26.1 Å². The van der Waals surface area contributed by atoms with Crippen molar-refractivity contribution >= 4 is 18.1 Å². The highest BCUT2D eigenvalue weighted by Gasteiger charge is 2.26. The van der Waals surface area contributed by atoms with E-state index < -0.39 is 24.2 Å². The van der Waals surface area contributed by atoms with Gasteiger partial charge in [0.15, 0.2) is 0 Å². The summed E-state index contributed by atoms with van der Waals surface area (Å²) in [5.41, 5.74) is 0.802. The van der Waals surface area contributed by atoms with Crippen LogP contribution < -0.4 is 0 Å². The van der Waals surface area contributed by atoms with Gasteiger partial charge in [-0.1, -0.05) is 121 Å². The van der Waals surface area contributed by atoms with Crippen LogP contribution >= 0.6 is 0 Å². The minimum Gasteiger partial charge on any atom is -0.466 e. The second kappa shape index (κ2) is 23.5. The molecule has 1 atom stereocenters. The molecule has 0 radical (unpaired) electrons. The molecule has 0 saturated heterocycles. The Kier molecular flexibility index (Phi) is 20.7. The lowest BCUT2D eigenvalue weighted by Gasteiger charge is -2.16. The molecule has 0 aliphatic heterocycles. The predicted molar refractivity (Wildman–Crippen MR) is 149 cm³/mol. The molecule has 0 heterocycles. The Hall–Kier alpha value is -2.57. The van der Waals surface area contributed by atoms with Crippen molar-refractivity contribution in [3.63, 3.8) is 0 Å². The quantitative estimate of drug-likeness (QED) is 0.0796. The first kappa shape index (κ1) is 33.5. The summed E-state index contributed by atoms with van der Waals surface area (Å²) in [4.78, 5) is 37.1. The van der Waals surface area contributed by atoms with Gasteiger partial charge in [-0.25, -0.2) is 9.59 Å². The monoisotopic (exact) mass is 534 g/mol. The van der Waals surface area contributed by atoms with Gasteiger partial charge in [-0.3, -0.25) is 4.79 Å². The number of hydrogen-bond acceptors (Lipinski definition) is 7. The summed E-state index contributed by atoms with van der Waals surface area (Å²) in [6, 6.07) is 9.19. The lowest BCUT2D eigenvalue weighted by molar-refractivity contribution is -0.156. The summed E-state index contributed by atoms with van der Waals surface area (Å²) in [5.74, 6) is -1.07. The zero-order valence-electron chi connectivity index (χ0n) is 23.8. The van der Waals surface area contributed by atoms with E-state index in [0.29, 0.717) is 6.61 Å². The van der Waals surface area contributed by atoms with Crippen molar-refractivity contribution in [1.82, 2.24) is 0 Å². The number of hydrogen-bond donors (Lipinski definition) is 0. The number of carbonyl (C=O) groups excluding carboxylic acids is 3. The van der Waals surface area contributed by atoms with Crippen LogP contribution in [0.25, 0.3) is 0 Å². The molecular weight excluding hydrogens is 484 g/mol. The summed E-state index contributed by atoms with van der Waals surface area (Å²) in [6.45, 7) is 5.03. The summed E-state index contributed by atoms with van der Waals surface area (Å²) in [5, 5.41) is 0. The highest BCUT2D eigenvalue weighted by atomic mass is 16.7. The van der Waals surface area contributed by atoms with Crippen molar-refractivity contribution in [2.24, 2.45) is 0 Å². The number of carbonyl (C=O) groups is 3. The third kappa shape index (κ3) is 18.6. The molecule has 1 unspecified atom stereocenters. The number of benzene rings is 1. The van der Waals surface area contributed by atoms with Crippen molar-refractivity contribution in [3.8, 4) is 0 Å². The third-order valence-corrected chi connectivity index (χ3v) is 6.31. The molecule has 0 fully saturated rings. The van der Waals surface area contributed by atoms with E-state index in [2.05, 4.69) is 13.8 Å². The zero-order valence-corrected chi connectivity index (χ0v) is 23.8. The molecule has 0 amide bonds. The Balaban J connectivity index is 2.40. The summed E-state index contributed by atoms with van der Waals surface area (Å²) < 4.78 is 21.1. The Morgan fingerprint density at radius 1 is 0.658 bits per heavy atom. The Bertz CT molecular complexity index is 735. The minimum atomic E-state index is -1.21. The molecule has 0 saturated carbocycles. The molecule has 0 aliphatic rings. The lowest BCUT2D eigenvalue weighted by Crippen LogP contribution is -2.30. The Labute approximate surface area is 229 Å². The van der Waals surface area contributed by atoms with E-state index in [1.807, 2.05) is 30.3 Å². The highest BCUT2D eigenvalue weighted by Crippen LogP contribution is 2.12. The summed E-state index contributed by atoms with van der Waals surface area (Å²) in [6.07, 6.45) is 13.4. The minimum absolute atomic E-state index is 0.00780. The normalized spacial score (nSPS) is 11.5. The number of unbranched alkanes of at least 4 members (excludes halogenated alkanes) is 12. The van der Waals surface area contributed by atoms with Crippen LogP contribution in [-0.4, -0.2) is 37.4 Å². The fourth-order valence-corrected chi connectivity index (χ4v) is 3.98. The molecule has 1 aromatic carbocycles. The molecule has 38 heavy (non-hydrogen) atoms. The molecule has 7 nitrogen and oxygen atoms in total. The van der Waals surface area contributed by atoms with E-state index in [1.54, 1.807) is 0 Å². The number of ether oxygens (including phenoxy) is 4. The van der Waals surface area contributed by atoms with E-state index >= 15 is 0 Å².